The molecule has 1 aliphatic carbocycles. The van der Waals surface area contributed by atoms with Crippen molar-refractivity contribution in [1.29, 1.82) is 0 Å². The van der Waals surface area contributed by atoms with Crippen LogP contribution in [0.2, 0.25) is 0 Å². The van der Waals surface area contributed by atoms with Crippen LogP contribution in [0.25, 0.3) is 0 Å². The maximum absolute atomic E-state index is 3.71. The van der Waals surface area contributed by atoms with Crippen molar-refractivity contribution in [2.24, 2.45) is 11.8 Å². The summed E-state index contributed by atoms with van der Waals surface area (Å²) in [5.41, 5.74) is 0. The minimum Gasteiger partial charge on any atom is -0.314 e. The Morgan fingerprint density at radius 2 is 2.12 bits per heavy atom. The second kappa shape index (κ2) is 6.55. The molecule has 0 aliphatic heterocycles. The largest absolute Gasteiger partial charge is 0.314 e. The molecule has 1 N–H and O–H groups in total. The summed E-state index contributed by atoms with van der Waals surface area (Å²) in [5, 5.41) is 5.91. The van der Waals surface area contributed by atoms with Gasteiger partial charge in [-0.1, -0.05) is 32.8 Å². The smallest absolute Gasteiger partial charge is 0.0143 e. The Morgan fingerprint density at radius 1 is 1.35 bits per heavy atom. The lowest BCUT2D eigenvalue weighted by atomic mass is 9.78. The summed E-state index contributed by atoms with van der Waals surface area (Å²) in [7, 11) is 0. The van der Waals surface area contributed by atoms with Gasteiger partial charge >= 0.3 is 0 Å². The molecule has 1 saturated carbocycles. The van der Waals surface area contributed by atoms with Crippen molar-refractivity contribution in [3.8, 4) is 0 Å². The van der Waals surface area contributed by atoms with Crippen molar-refractivity contribution in [3.63, 3.8) is 0 Å². The van der Waals surface area contributed by atoms with Crippen molar-refractivity contribution in [2.45, 2.75) is 52.0 Å². The predicted molar refractivity (Wildman–Crippen MR) is 76.6 cm³/mol. The Hall–Kier alpha value is -0.340. The fraction of sp³-hybridized carbons (Fsp3) is 0.733. The van der Waals surface area contributed by atoms with Crippen LogP contribution in [0, 0.1) is 11.8 Å². The van der Waals surface area contributed by atoms with E-state index < -0.39 is 0 Å². The normalized spacial score (nSPS) is 26.9. The van der Waals surface area contributed by atoms with Crippen LogP contribution in [-0.2, 0) is 6.42 Å². The number of hydrogen-bond donors (Lipinski definition) is 1. The van der Waals surface area contributed by atoms with Crippen LogP contribution in [0.5, 0.6) is 0 Å². The fourth-order valence-electron chi connectivity index (χ4n) is 3.00. The SMILES string of the molecule is CCNC(Cc1cccs1)C1CCC(C)CC1. The molecular formula is C15H25NS. The number of hydrogen-bond acceptors (Lipinski definition) is 2. The van der Waals surface area contributed by atoms with Crippen LogP contribution in [0.1, 0.15) is 44.4 Å². The second-order valence-electron chi connectivity index (χ2n) is 5.47. The van der Waals surface area contributed by atoms with Gasteiger partial charge in [0.05, 0.1) is 0 Å². The van der Waals surface area contributed by atoms with Crippen molar-refractivity contribution < 1.29 is 0 Å². The summed E-state index contributed by atoms with van der Waals surface area (Å²) < 4.78 is 0. The maximum Gasteiger partial charge on any atom is 0.0143 e. The molecule has 1 aromatic rings. The van der Waals surface area contributed by atoms with Gasteiger partial charge in [-0.05, 0) is 49.1 Å². The van der Waals surface area contributed by atoms with Crippen LogP contribution in [0.3, 0.4) is 0 Å². The predicted octanol–water partition coefficient (Wildman–Crippen LogP) is 4.10. The number of rotatable bonds is 5. The molecule has 2 heteroatoms. The molecule has 2 rings (SSSR count). The van der Waals surface area contributed by atoms with Crippen LogP contribution < -0.4 is 5.32 Å². The third-order valence-electron chi connectivity index (χ3n) is 4.10. The lowest BCUT2D eigenvalue weighted by Crippen LogP contribution is -2.39. The second-order valence-corrected chi connectivity index (χ2v) is 6.50. The molecule has 0 amide bonds. The Kier molecular flexibility index (Phi) is 5.05. The average molecular weight is 251 g/mol. The van der Waals surface area contributed by atoms with E-state index in [2.05, 4.69) is 36.7 Å². The molecule has 1 fully saturated rings. The zero-order valence-electron chi connectivity index (χ0n) is 11.1. The first-order valence-corrected chi connectivity index (χ1v) is 7.93. The van der Waals surface area contributed by atoms with Gasteiger partial charge in [0.2, 0.25) is 0 Å². The molecule has 0 bridgehead atoms. The quantitative estimate of drug-likeness (QED) is 0.831. The van der Waals surface area contributed by atoms with Crippen molar-refractivity contribution >= 4 is 11.3 Å². The van der Waals surface area contributed by atoms with Gasteiger partial charge in [-0.15, -0.1) is 11.3 Å². The lowest BCUT2D eigenvalue weighted by molar-refractivity contribution is 0.231. The standard InChI is InChI=1S/C15H25NS/c1-3-16-15(11-14-5-4-10-17-14)13-8-6-12(2)7-9-13/h4-5,10,12-13,15-16H,3,6-9,11H2,1-2H3. The van der Waals surface area contributed by atoms with E-state index in [9.17, 15) is 0 Å². The van der Waals surface area contributed by atoms with E-state index >= 15 is 0 Å². The van der Waals surface area contributed by atoms with Gasteiger partial charge < -0.3 is 5.32 Å². The van der Waals surface area contributed by atoms with Crippen molar-refractivity contribution in [3.05, 3.63) is 22.4 Å². The van der Waals surface area contributed by atoms with Gasteiger partial charge in [0.1, 0.15) is 0 Å². The molecular weight excluding hydrogens is 226 g/mol. The minimum absolute atomic E-state index is 0.700. The summed E-state index contributed by atoms with van der Waals surface area (Å²) in [5.74, 6) is 1.85. The minimum atomic E-state index is 0.700. The molecule has 0 aromatic carbocycles. The average Bonchev–Trinajstić information content (AvgIpc) is 2.82. The van der Waals surface area contributed by atoms with E-state index in [-0.39, 0.29) is 0 Å². The molecule has 0 radical (unpaired) electrons. The molecule has 96 valence electrons. The van der Waals surface area contributed by atoms with Crippen LogP contribution in [0.4, 0.5) is 0 Å². The monoisotopic (exact) mass is 251 g/mol. The summed E-state index contributed by atoms with van der Waals surface area (Å²) in [6, 6.07) is 5.15. The molecule has 1 aliphatic rings. The molecule has 1 heterocycles. The van der Waals surface area contributed by atoms with Crippen molar-refractivity contribution in [2.75, 3.05) is 6.54 Å². The Labute approximate surface area is 110 Å². The zero-order valence-corrected chi connectivity index (χ0v) is 11.9. The number of likely N-dealkylation sites (N-methyl/N-ethyl adjacent to an activating group) is 1. The molecule has 1 aromatic heterocycles. The van der Waals surface area contributed by atoms with Gasteiger partial charge in [0, 0.05) is 10.9 Å². The van der Waals surface area contributed by atoms with Gasteiger partial charge in [-0.2, -0.15) is 0 Å². The highest BCUT2D eigenvalue weighted by Crippen LogP contribution is 2.31. The first kappa shape index (κ1) is 13.1. The van der Waals surface area contributed by atoms with E-state index in [1.165, 1.54) is 37.0 Å². The highest BCUT2D eigenvalue weighted by Gasteiger charge is 2.25. The number of thiophene rings is 1. The molecule has 1 nitrogen and oxygen atoms in total. The van der Waals surface area contributed by atoms with Crippen molar-refractivity contribution in [1.82, 2.24) is 5.32 Å². The van der Waals surface area contributed by atoms with Crippen LogP contribution in [-0.4, -0.2) is 12.6 Å². The van der Waals surface area contributed by atoms with E-state index in [1.807, 2.05) is 11.3 Å². The van der Waals surface area contributed by atoms with Gasteiger partial charge in [0.15, 0.2) is 0 Å². The first-order valence-electron chi connectivity index (χ1n) is 7.05. The fourth-order valence-corrected chi connectivity index (χ4v) is 3.77. The van der Waals surface area contributed by atoms with E-state index in [0.717, 1.165) is 18.4 Å². The molecule has 0 saturated heterocycles. The summed E-state index contributed by atoms with van der Waals surface area (Å²) in [6.45, 7) is 5.73. The molecule has 0 spiro atoms. The van der Waals surface area contributed by atoms with Crippen LogP contribution in [0.15, 0.2) is 17.5 Å². The third kappa shape index (κ3) is 3.82. The topological polar surface area (TPSA) is 12.0 Å². The highest BCUT2D eigenvalue weighted by molar-refractivity contribution is 7.09. The van der Waals surface area contributed by atoms with Gasteiger partial charge in [-0.3, -0.25) is 0 Å². The Bertz CT molecular complexity index is 299. The van der Waals surface area contributed by atoms with E-state index in [1.54, 1.807) is 0 Å². The summed E-state index contributed by atoms with van der Waals surface area (Å²) in [6.07, 6.45) is 6.92. The summed E-state index contributed by atoms with van der Waals surface area (Å²) >= 11 is 1.90. The zero-order chi connectivity index (χ0) is 12.1. The molecule has 1 atom stereocenters. The Balaban J connectivity index is 1.92. The van der Waals surface area contributed by atoms with Gasteiger partial charge in [0.25, 0.3) is 0 Å². The summed E-state index contributed by atoms with van der Waals surface area (Å²) in [4.78, 5) is 1.54. The lowest BCUT2D eigenvalue weighted by Gasteiger charge is -2.33. The third-order valence-corrected chi connectivity index (χ3v) is 5.00. The maximum atomic E-state index is 3.71. The Morgan fingerprint density at radius 3 is 2.71 bits per heavy atom. The van der Waals surface area contributed by atoms with Gasteiger partial charge in [-0.25, -0.2) is 0 Å². The highest BCUT2D eigenvalue weighted by atomic mass is 32.1. The first-order chi connectivity index (χ1) is 8.29. The van der Waals surface area contributed by atoms with Crippen LogP contribution >= 0.6 is 11.3 Å². The molecule has 1 unspecified atom stereocenters. The number of nitrogens with one attached hydrogen (secondary N) is 1. The van der Waals surface area contributed by atoms with E-state index in [0.29, 0.717) is 6.04 Å². The van der Waals surface area contributed by atoms with E-state index in [4.69, 9.17) is 0 Å². The molecule has 17 heavy (non-hydrogen) atoms.